The zero-order valence-corrected chi connectivity index (χ0v) is 16.2. The number of hydrogen-bond donors (Lipinski definition) is 0. The van der Waals surface area contributed by atoms with Gasteiger partial charge in [-0.05, 0) is 67.9 Å². The predicted octanol–water partition coefficient (Wildman–Crippen LogP) is 5.64. The highest BCUT2D eigenvalue weighted by molar-refractivity contribution is 5.56. The Kier molecular flexibility index (Phi) is 7.36. The Morgan fingerprint density at radius 2 is 1.70 bits per heavy atom. The normalized spacial score (nSPS) is 19.6. The van der Waals surface area contributed by atoms with Crippen molar-refractivity contribution < 1.29 is 4.74 Å². The molecule has 2 aromatic rings. The highest BCUT2D eigenvalue weighted by atomic mass is 16.5. The Labute approximate surface area is 162 Å². The number of hydrogen-bond acceptors (Lipinski definition) is 4. The fourth-order valence-electron chi connectivity index (χ4n) is 3.73. The Hall–Kier alpha value is -2.25. The van der Waals surface area contributed by atoms with E-state index >= 15 is 0 Å². The van der Waals surface area contributed by atoms with Gasteiger partial charge in [-0.2, -0.15) is 5.26 Å². The molecule has 1 aromatic carbocycles. The summed E-state index contributed by atoms with van der Waals surface area (Å²) in [4.78, 5) is 9.10. The minimum absolute atomic E-state index is 0.432. The zero-order chi connectivity index (χ0) is 18.9. The van der Waals surface area contributed by atoms with Gasteiger partial charge in [0, 0.05) is 24.6 Å². The molecule has 142 valence electrons. The van der Waals surface area contributed by atoms with Crippen LogP contribution in [0.15, 0.2) is 36.7 Å². The quantitative estimate of drug-likeness (QED) is 0.570. The maximum absolute atomic E-state index is 8.89. The second-order valence-electron chi connectivity index (χ2n) is 7.43. The van der Waals surface area contributed by atoms with E-state index in [1.807, 2.05) is 24.5 Å². The van der Waals surface area contributed by atoms with Crippen LogP contribution in [0.25, 0.3) is 11.4 Å². The third-order valence-corrected chi connectivity index (χ3v) is 5.44. The van der Waals surface area contributed by atoms with Gasteiger partial charge >= 0.3 is 0 Å². The van der Waals surface area contributed by atoms with Gasteiger partial charge in [-0.25, -0.2) is 9.97 Å². The van der Waals surface area contributed by atoms with Gasteiger partial charge in [0.1, 0.15) is 0 Å². The van der Waals surface area contributed by atoms with E-state index in [-0.39, 0.29) is 0 Å². The summed E-state index contributed by atoms with van der Waals surface area (Å²) in [6.07, 6.45) is 14.0. The number of ether oxygens (including phenoxy) is 1. The first-order valence-electron chi connectivity index (χ1n) is 10.2. The molecule has 0 N–H and O–H groups in total. The van der Waals surface area contributed by atoms with E-state index in [1.54, 1.807) is 12.1 Å². The third-order valence-electron chi connectivity index (χ3n) is 5.44. The molecule has 0 amide bonds. The SMILES string of the molecule is CCCCCCOC1CCC(c2cnc(-c3ccc(C#N)cc3)nc2)CC1. The van der Waals surface area contributed by atoms with Gasteiger partial charge in [-0.3, -0.25) is 0 Å². The lowest BCUT2D eigenvalue weighted by molar-refractivity contribution is 0.0226. The Balaban J connectivity index is 1.48. The second kappa shape index (κ2) is 10.2. The van der Waals surface area contributed by atoms with E-state index in [4.69, 9.17) is 10.00 Å². The van der Waals surface area contributed by atoms with Crippen LogP contribution in [0.2, 0.25) is 0 Å². The van der Waals surface area contributed by atoms with Crippen LogP contribution in [0.1, 0.15) is 75.3 Å². The lowest BCUT2D eigenvalue weighted by Crippen LogP contribution is -2.21. The summed E-state index contributed by atoms with van der Waals surface area (Å²) in [5.74, 6) is 1.26. The Bertz CT molecular complexity index is 726. The van der Waals surface area contributed by atoms with Gasteiger partial charge in [0.2, 0.25) is 0 Å². The smallest absolute Gasteiger partial charge is 0.159 e. The highest BCUT2D eigenvalue weighted by Crippen LogP contribution is 2.34. The number of benzene rings is 1. The van der Waals surface area contributed by atoms with Crippen LogP contribution in [0, 0.1) is 11.3 Å². The fourth-order valence-corrected chi connectivity index (χ4v) is 3.73. The molecule has 1 aliphatic carbocycles. The molecule has 1 aliphatic rings. The molecular weight excluding hydrogens is 334 g/mol. The number of nitriles is 1. The molecule has 0 saturated heterocycles. The number of nitrogens with zero attached hydrogens (tertiary/aromatic N) is 3. The van der Waals surface area contributed by atoms with Crippen molar-refractivity contribution in [2.24, 2.45) is 0 Å². The molecule has 3 rings (SSSR count). The van der Waals surface area contributed by atoms with E-state index in [9.17, 15) is 0 Å². The van der Waals surface area contributed by atoms with E-state index < -0.39 is 0 Å². The molecule has 0 aliphatic heterocycles. The molecule has 1 aromatic heterocycles. The van der Waals surface area contributed by atoms with Crippen LogP contribution >= 0.6 is 0 Å². The van der Waals surface area contributed by atoms with Crippen molar-refractivity contribution in [1.82, 2.24) is 9.97 Å². The summed E-state index contributed by atoms with van der Waals surface area (Å²) in [5, 5.41) is 8.89. The number of aromatic nitrogens is 2. The van der Waals surface area contributed by atoms with Crippen molar-refractivity contribution in [1.29, 1.82) is 5.26 Å². The van der Waals surface area contributed by atoms with Gasteiger partial charge in [0.15, 0.2) is 5.82 Å². The molecule has 0 spiro atoms. The molecule has 0 radical (unpaired) electrons. The van der Waals surface area contributed by atoms with Crippen molar-refractivity contribution in [3.63, 3.8) is 0 Å². The Morgan fingerprint density at radius 1 is 1.00 bits per heavy atom. The summed E-state index contributed by atoms with van der Waals surface area (Å²) in [6.45, 7) is 3.15. The topological polar surface area (TPSA) is 58.8 Å². The minimum Gasteiger partial charge on any atom is -0.378 e. The van der Waals surface area contributed by atoms with Crippen LogP contribution in [-0.4, -0.2) is 22.7 Å². The minimum atomic E-state index is 0.432. The summed E-state index contributed by atoms with van der Waals surface area (Å²) in [7, 11) is 0. The van der Waals surface area contributed by atoms with Crippen molar-refractivity contribution in [3.8, 4) is 17.5 Å². The van der Waals surface area contributed by atoms with Crippen molar-refractivity contribution in [3.05, 3.63) is 47.8 Å². The average Bonchev–Trinajstić information content (AvgIpc) is 2.74. The fraction of sp³-hybridized carbons (Fsp3) is 0.522. The lowest BCUT2D eigenvalue weighted by Gasteiger charge is -2.28. The molecule has 0 atom stereocenters. The first-order chi connectivity index (χ1) is 13.3. The third kappa shape index (κ3) is 5.61. The molecule has 1 fully saturated rings. The lowest BCUT2D eigenvalue weighted by atomic mass is 9.84. The second-order valence-corrected chi connectivity index (χ2v) is 7.43. The molecule has 1 heterocycles. The van der Waals surface area contributed by atoms with Crippen LogP contribution < -0.4 is 0 Å². The van der Waals surface area contributed by atoms with Gasteiger partial charge in [0.05, 0.1) is 17.7 Å². The monoisotopic (exact) mass is 363 g/mol. The van der Waals surface area contributed by atoms with Crippen molar-refractivity contribution in [2.75, 3.05) is 6.61 Å². The Morgan fingerprint density at radius 3 is 2.33 bits per heavy atom. The van der Waals surface area contributed by atoms with Crippen LogP contribution in [0.5, 0.6) is 0 Å². The maximum Gasteiger partial charge on any atom is 0.159 e. The molecule has 4 nitrogen and oxygen atoms in total. The standard InChI is InChI=1S/C23H29N3O/c1-2-3-4-5-14-27-22-12-10-19(11-13-22)21-16-25-23(26-17-21)20-8-6-18(15-24)7-9-20/h6-9,16-17,19,22H,2-5,10-14H2,1H3. The molecule has 27 heavy (non-hydrogen) atoms. The molecule has 0 unspecified atom stereocenters. The molecule has 1 saturated carbocycles. The average molecular weight is 364 g/mol. The molecule has 4 heteroatoms. The van der Waals surface area contributed by atoms with E-state index in [1.165, 1.54) is 31.2 Å². The van der Waals surface area contributed by atoms with Crippen molar-refractivity contribution >= 4 is 0 Å². The van der Waals surface area contributed by atoms with Gasteiger partial charge in [0.25, 0.3) is 0 Å². The van der Waals surface area contributed by atoms with Gasteiger partial charge in [-0.1, -0.05) is 26.2 Å². The summed E-state index contributed by atoms with van der Waals surface area (Å²) in [5.41, 5.74) is 2.83. The number of rotatable bonds is 8. The van der Waals surface area contributed by atoms with Gasteiger partial charge in [-0.15, -0.1) is 0 Å². The predicted molar refractivity (Wildman–Crippen MR) is 107 cm³/mol. The van der Waals surface area contributed by atoms with Crippen molar-refractivity contribution in [2.45, 2.75) is 70.3 Å². The summed E-state index contributed by atoms with van der Waals surface area (Å²) < 4.78 is 6.06. The largest absolute Gasteiger partial charge is 0.378 e. The molecular formula is C23H29N3O. The summed E-state index contributed by atoms with van der Waals surface area (Å²) >= 11 is 0. The zero-order valence-electron chi connectivity index (χ0n) is 16.2. The number of unbranched alkanes of at least 4 members (excludes halogenated alkanes) is 3. The first kappa shape index (κ1) is 19.5. The maximum atomic E-state index is 8.89. The first-order valence-corrected chi connectivity index (χ1v) is 10.2. The van der Waals surface area contributed by atoms with Crippen LogP contribution in [0.4, 0.5) is 0 Å². The van der Waals surface area contributed by atoms with Gasteiger partial charge < -0.3 is 4.74 Å². The highest BCUT2D eigenvalue weighted by Gasteiger charge is 2.23. The van der Waals surface area contributed by atoms with E-state index in [2.05, 4.69) is 23.0 Å². The van der Waals surface area contributed by atoms with E-state index in [0.29, 0.717) is 23.4 Å². The van der Waals surface area contributed by atoms with Crippen LogP contribution in [0.3, 0.4) is 0 Å². The molecule has 0 bridgehead atoms. The van der Waals surface area contributed by atoms with Crippen LogP contribution in [-0.2, 0) is 4.74 Å². The summed E-state index contributed by atoms with van der Waals surface area (Å²) in [6, 6.07) is 9.53. The van der Waals surface area contributed by atoms with E-state index in [0.717, 1.165) is 37.9 Å².